The number of hydrogen-bond donors (Lipinski definition) is 1. The van der Waals surface area contributed by atoms with Gasteiger partial charge in [0.05, 0.1) is 30.6 Å². The molecule has 7 nitrogen and oxygen atoms in total. The highest BCUT2D eigenvalue weighted by Gasteiger charge is 2.31. The van der Waals surface area contributed by atoms with Crippen LogP contribution in [-0.2, 0) is 14.8 Å². The SMILES string of the molecule is CC[C@@H](C(=O)NCCOc1cc(C)ccc1C)N(c1ccc(OC)c(Cl)c1)S(C)(=O)=O. The van der Waals surface area contributed by atoms with Crippen molar-refractivity contribution in [2.24, 2.45) is 0 Å². The highest BCUT2D eigenvalue weighted by Crippen LogP contribution is 2.31. The van der Waals surface area contributed by atoms with Gasteiger partial charge in [-0.3, -0.25) is 9.10 Å². The zero-order valence-corrected chi connectivity index (χ0v) is 20.0. The molecule has 1 atom stereocenters. The predicted molar refractivity (Wildman–Crippen MR) is 124 cm³/mol. The molecule has 0 unspecified atom stereocenters. The van der Waals surface area contributed by atoms with Crippen LogP contribution in [0.3, 0.4) is 0 Å². The van der Waals surface area contributed by atoms with Gasteiger partial charge in [-0.05, 0) is 55.7 Å². The van der Waals surface area contributed by atoms with E-state index in [-0.39, 0.29) is 24.6 Å². The molecular weight excluding hydrogens is 440 g/mol. The highest BCUT2D eigenvalue weighted by molar-refractivity contribution is 7.92. The Bertz CT molecular complexity index is 1030. The number of nitrogens with zero attached hydrogens (tertiary/aromatic N) is 1. The Labute approximate surface area is 189 Å². The van der Waals surface area contributed by atoms with Crippen LogP contribution in [0.2, 0.25) is 5.02 Å². The molecule has 0 heterocycles. The lowest BCUT2D eigenvalue weighted by molar-refractivity contribution is -0.122. The Morgan fingerprint density at radius 1 is 1.16 bits per heavy atom. The summed E-state index contributed by atoms with van der Waals surface area (Å²) in [5.41, 5.74) is 2.38. The summed E-state index contributed by atoms with van der Waals surface area (Å²) in [5.74, 6) is 0.760. The number of rotatable bonds is 10. The minimum absolute atomic E-state index is 0.240. The van der Waals surface area contributed by atoms with Crippen LogP contribution >= 0.6 is 11.6 Å². The average Bonchev–Trinajstić information content (AvgIpc) is 2.70. The van der Waals surface area contributed by atoms with Crippen molar-refractivity contribution in [3.8, 4) is 11.5 Å². The van der Waals surface area contributed by atoms with Gasteiger partial charge in [-0.2, -0.15) is 0 Å². The monoisotopic (exact) mass is 468 g/mol. The van der Waals surface area contributed by atoms with E-state index in [1.54, 1.807) is 19.1 Å². The van der Waals surface area contributed by atoms with Crippen molar-refractivity contribution in [1.82, 2.24) is 5.32 Å². The number of carbonyl (C=O) groups is 1. The van der Waals surface area contributed by atoms with Gasteiger partial charge in [-0.15, -0.1) is 0 Å². The highest BCUT2D eigenvalue weighted by atomic mass is 35.5. The number of methoxy groups -OCH3 is 1. The van der Waals surface area contributed by atoms with Gasteiger partial charge in [-0.1, -0.05) is 30.7 Å². The quantitative estimate of drug-likeness (QED) is 0.537. The van der Waals surface area contributed by atoms with Gasteiger partial charge in [0.25, 0.3) is 0 Å². The van der Waals surface area contributed by atoms with E-state index in [9.17, 15) is 13.2 Å². The molecule has 0 radical (unpaired) electrons. The zero-order valence-electron chi connectivity index (χ0n) is 18.4. The molecule has 2 rings (SSSR count). The molecule has 170 valence electrons. The van der Waals surface area contributed by atoms with E-state index in [1.807, 2.05) is 32.0 Å². The predicted octanol–water partition coefficient (Wildman–Crippen LogP) is 3.71. The molecule has 1 N–H and O–H groups in total. The fraction of sp³-hybridized carbons (Fsp3) is 0.409. The zero-order chi connectivity index (χ0) is 23.2. The number of benzene rings is 2. The molecule has 0 aliphatic heterocycles. The summed E-state index contributed by atoms with van der Waals surface area (Å²) >= 11 is 6.17. The van der Waals surface area contributed by atoms with Crippen LogP contribution < -0.4 is 19.1 Å². The fourth-order valence-electron chi connectivity index (χ4n) is 3.17. The average molecular weight is 469 g/mol. The largest absolute Gasteiger partial charge is 0.495 e. The van der Waals surface area contributed by atoms with Crippen LogP contribution in [0.1, 0.15) is 24.5 Å². The van der Waals surface area contributed by atoms with Crippen LogP contribution in [0.5, 0.6) is 11.5 Å². The molecule has 0 bridgehead atoms. The molecule has 31 heavy (non-hydrogen) atoms. The maximum absolute atomic E-state index is 12.8. The van der Waals surface area contributed by atoms with E-state index in [0.717, 1.165) is 27.4 Å². The summed E-state index contributed by atoms with van der Waals surface area (Å²) in [6, 6.07) is 9.58. The van der Waals surface area contributed by atoms with E-state index < -0.39 is 22.0 Å². The standard InChI is InChI=1S/C22H29ClN2O5S/c1-6-19(22(26)24-11-12-30-21-13-15(2)7-8-16(21)3)25(31(5,27)28)17-9-10-20(29-4)18(23)14-17/h7-10,13-14,19H,6,11-12H2,1-5H3,(H,24,26)/t19-/m0/s1. The molecule has 2 aromatic carbocycles. The van der Waals surface area contributed by atoms with Crippen molar-refractivity contribution >= 4 is 33.2 Å². The number of aryl methyl sites for hydroxylation is 2. The van der Waals surface area contributed by atoms with Crippen LogP contribution in [0.25, 0.3) is 0 Å². The number of hydrogen-bond acceptors (Lipinski definition) is 5. The molecule has 1 amide bonds. The summed E-state index contributed by atoms with van der Waals surface area (Å²) in [5, 5.41) is 3.03. The summed E-state index contributed by atoms with van der Waals surface area (Å²) in [6.45, 7) is 6.18. The van der Waals surface area contributed by atoms with E-state index >= 15 is 0 Å². The van der Waals surface area contributed by atoms with Crippen molar-refractivity contribution in [3.63, 3.8) is 0 Å². The van der Waals surface area contributed by atoms with Gasteiger partial charge < -0.3 is 14.8 Å². The first-order chi connectivity index (χ1) is 14.6. The summed E-state index contributed by atoms with van der Waals surface area (Å²) in [4.78, 5) is 12.8. The molecule has 0 aliphatic carbocycles. The lowest BCUT2D eigenvalue weighted by Gasteiger charge is -2.30. The van der Waals surface area contributed by atoms with Gasteiger partial charge >= 0.3 is 0 Å². The van der Waals surface area contributed by atoms with E-state index in [0.29, 0.717) is 11.4 Å². The lowest BCUT2D eigenvalue weighted by atomic mass is 10.1. The second-order valence-corrected chi connectivity index (χ2v) is 9.48. The van der Waals surface area contributed by atoms with E-state index in [2.05, 4.69) is 5.32 Å². The summed E-state index contributed by atoms with van der Waals surface area (Å²) in [7, 11) is -2.28. The summed E-state index contributed by atoms with van der Waals surface area (Å²) < 4.78 is 37.0. The first-order valence-electron chi connectivity index (χ1n) is 9.89. The normalized spacial score (nSPS) is 12.2. The van der Waals surface area contributed by atoms with Gasteiger partial charge in [0.15, 0.2) is 0 Å². The Hall–Kier alpha value is -2.45. The van der Waals surface area contributed by atoms with Crippen molar-refractivity contribution < 1.29 is 22.7 Å². The molecule has 2 aromatic rings. The first-order valence-corrected chi connectivity index (χ1v) is 12.1. The van der Waals surface area contributed by atoms with Gasteiger partial charge in [0.1, 0.15) is 24.1 Å². The van der Waals surface area contributed by atoms with Gasteiger partial charge in [0, 0.05) is 0 Å². The Balaban J connectivity index is 2.12. The van der Waals surface area contributed by atoms with Gasteiger partial charge in [-0.25, -0.2) is 8.42 Å². The molecule has 0 fully saturated rings. The first kappa shape index (κ1) is 24.8. The Morgan fingerprint density at radius 2 is 1.87 bits per heavy atom. The number of ether oxygens (including phenoxy) is 2. The topological polar surface area (TPSA) is 84.9 Å². The third-order valence-corrected chi connectivity index (χ3v) is 6.20. The Morgan fingerprint density at radius 3 is 2.45 bits per heavy atom. The van der Waals surface area contributed by atoms with Crippen LogP contribution in [0, 0.1) is 13.8 Å². The third-order valence-electron chi connectivity index (χ3n) is 4.72. The van der Waals surface area contributed by atoms with Crippen molar-refractivity contribution in [1.29, 1.82) is 0 Å². The maximum atomic E-state index is 12.8. The van der Waals surface area contributed by atoms with Crippen LogP contribution in [-0.4, -0.2) is 46.9 Å². The van der Waals surface area contributed by atoms with Crippen molar-refractivity contribution in [3.05, 3.63) is 52.5 Å². The van der Waals surface area contributed by atoms with Crippen molar-refractivity contribution in [2.75, 3.05) is 30.8 Å². The molecule has 0 saturated carbocycles. The molecular formula is C22H29ClN2O5S. The lowest BCUT2D eigenvalue weighted by Crippen LogP contribution is -2.50. The number of carbonyl (C=O) groups excluding carboxylic acids is 1. The molecule has 0 saturated heterocycles. The molecule has 0 aromatic heterocycles. The minimum atomic E-state index is -3.75. The molecule has 0 aliphatic rings. The second kappa shape index (κ2) is 10.7. The minimum Gasteiger partial charge on any atom is -0.495 e. The van der Waals surface area contributed by atoms with Crippen LogP contribution in [0.15, 0.2) is 36.4 Å². The number of anilines is 1. The third kappa shape index (κ3) is 6.51. The number of halogens is 1. The maximum Gasteiger partial charge on any atom is 0.244 e. The van der Waals surface area contributed by atoms with E-state index in [4.69, 9.17) is 21.1 Å². The summed E-state index contributed by atoms with van der Waals surface area (Å²) in [6.07, 6.45) is 1.34. The number of amides is 1. The Kier molecular flexibility index (Phi) is 8.59. The van der Waals surface area contributed by atoms with Crippen molar-refractivity contribution in [2.45, 2.75) is 33.2 Å². The smallest absolute Gasteiger partial charge is 0.244 e. The van der Waals surface area contributed by atoms with Gasteiger partial charge in [0.2, 0.25) is 15.9 Å². The molecule has 0 spiro atoms. The van der Waals surface area contributed by atoms with Crippen LogP contribution in [0.4, 0.5) is 5.69 Å². The number of nitrogens with one attached hydrogen (secondary N) is 1. The number of sulfonamides is 1. The molecule has 9 heteroatoms. The van der Waals surface area contributed by atoms with E-state index in [1.165, 1.54) is 13.2 Å². The second-order valence-electron chi connectivity index (χ2n) is 7.21. The fourth-order valence-corrected chi connectivity index (χ4v) is 4.62.